The fourth-order valence-corrected chi connectivity index (χ4v) is 7.10. The van der Waals surface area contributed by atoms with Crippen molar-refractivity contribution in [3.05, 3.63) is 88.6 Å². The van der Waals surface area contributed by atoms with Crippen molar-refractivity contribution < 1.29 is 23.9 Å². The molecule has 0 radical (unpaired) electrons. The van der Waals surface area contributed by atoms with Crippen LogP contribution in [0.3, 0.4) is 0 Å². The van der Waals surface area contributed by atoms with Crippen molar-refractivity contribution in [3.8, 4) is 11.5 Å². The van der Waals surface area contributed by atoms with Crippen molar-refractivity contribution in [1.29, 1.82) is 0 Å². The molecule has 5 heterocycles. The number of fused-ring (bicyclic) bond motifs is 6. The second kappa shape index (κ2) is 8.33. The van der Waals surface area contributed by atoms with Gasteiger partial charge in [0.1, 0.15) is 5.54 Å². The highest BCUT2D eigenvalue weighted by Gasteiger charge is 2.70. The third kappa shape index (κ3) is 3.16. The van der Waals surface area contributed by atoms with Crippen LogP contribution in [0.2, 0.25) is 5.02 Å². The van der Waals surface area contributed by atoms with Gasteiger partial charge in [-0.15, -0.1) is 0 Å². The highest BCUT2D eigenvalue weighted by atomic mass is 35.5. The van der Waals surface area contributed by atoms with Crippen LogP contribution in [0.15, 0.2) is 66.9 Å². The Hall–Kier alpha value is -4.34. The number of benzene rings is 3. The summed E-state index contributed by atoms with van der Waals surface area (Å²) in [6, 6.07) is 18.0. The predicted octanol–water partition coefficient (Wildman–Crippen LogP) is 3.71. The Kier molecular flexibility index (Phi) is 4.90. The van der Waals surface area contributed by atoms with E-state index < -0.39 is 23.4 Å². The van der Waals surface area contributed by atoms with Crippen molar-refractivity contribution >= 4 is 45.9 Å². The van der Waals surface area contributed by atoms with E-state index in [9.17, 15) is 14.4 Å². The van der Waals surface area contributed by atoms with Gasteiger partial charge in [-0.1, -0.05) is 35.9 Å². The quantitative estimate of drug-likeness (QED) is 0.332. The van der Waals surface area contributed by atoms with Gasteiger partial charge >= 0.3 is 0 Å². The number of carbonyl (C=O) groups excluding carboxylic acids is 3. The van der Waals surface area contributed by atoms with E-state index in [0.717, 1.165) is 22.0 Å². The zero-order chi connectivity index (χ0) is 27.2. The molecule has 3 N–H and O–H groups in total. The minimum absolute atomic E-state index is 0.0706. The standard InChI is InChI=1S/C30H23ClN4O5/c31-17-6-7-21-19(11-17)30(29(38)33-21)26-25(22(34-30)10-16-12-32-20-4-2-1-3-18(16)20)27(36)35(28(26)37)13-15-5-8-23-24(9-15)40-14-39-23/h1-9,11-12,22,25-26,32,34H,10,13-14H2,(H,33,38)/t22-,25-,26+,30+/m1/s1. The largest absolute Gasteiger partial charge is 0.454 e. The summed E-state index contributed by atoms with van der Waals surface area (Å²) in [6.45, 7) is 0.201. The number of imide groups is 1. The van der Waals surface area contributed by atoms with E-state index >= 15 is 0 Å². The summed E-state index contributed by atoms with van der Waals surface area (Å²) in [5.41, 5.74) is 2.48. The van der Waals surface area contributed by atoms with Crippen molar-refractivity contribution in [2.75, 3.05) is 12.1 Å². The number of aromatic nitrogens is 1. The topological polar surface area (TPSA) is 113 Å². The maximum atomic E-state index is 14.2. The molecule has 40 heavy (non-hydrogen) atoms. The third-order valence-corrected chi connectivity index (χ3v) is 8.90. The summed E-state index contributed by atoms with van der Waals surface area (Å²) in [6.07, 6.45) is 2.38. The monoisotopic (exact) mass is 554 g/mol. The molecule has 2 saturated heterocycles. The lowest BCUT2D eigenvalue weighted by molar-refractivity contribution is -0.143. The van der Waals surface area contributed by atoms with E-state index in [0.29, 0.717) is 34.2 Å². The molecule has 4 atom stereocenters. The van der Waals surface area contributed by atoms with Gasteiger partial charge in [-0.3, -0.25) is 24.6 Å². The molecule has 8 rings (SSSR count). The number of anilines is 1. The van der Waals surface area contributed by atoms with E-state index in [2.05, 4.69) is 15.6 Å². The Morgan fingerprint density at radius 1 is 0.975 bits per heavy atom. The van der Waals surface area contributed by atoms with Crippen LogP contribution in [0, 0.1) is 11.8 Å². The SMILES string of the molecule is O=C1[C@H]2[C@@H](C(=O)N1Cc1ccc3c(c1)OCO3)[C@]1(N[C@@H]2Cc2c[nH]c3ccccc23)C(=O)Nc2ccc(Cl)cc21. The predicted molar refractivity (Wildman–Crippen MR) is 146 cm³/mol. The summed E-state index contributed by atoms with van der Waals surface area (Å²) in [5, 5.41) is 7.91. The number of aromatic amines is 1. The van der Waals surface area contributed by atoms with Gasteiger partial charge in [-0.25, -0.2) is 0 Å². The van der Waals surface area contributed by atoms with Gasteiger partial charge in [0.15, 0.2) is 11.5 Å². The molecule has 0 saturated carbocycles. The number of halogens is 1. The maximum absolute atomic E-state index is 14.2. The number of carbonyl (C=O) groups is 3. The number of nitrogens with one attached hydrogen (secondary N) is 3. The zero-order valence-electron chi connectivity index (χ0n) is 21.1. The van der Waals surface area contributed by atoms with Gasteiger partial charge < -0.3 is 19.8 Å². The molecule has 0 aliphatic carbocycles. The average Bonchev–Trinajstić information content (AvgIpc) is 3.75. The molecule has 3 aromatic carbocycles. The summed E-state index contributed by atoms with van der Waals surface area (Å²) in [4.78, 5) is 46.6. The number of nitrogens with zero attached hydrogens (tertiary/aromatic N) is 1. The van der Waals surface area contributed by atoms with Crippen LogP contribution in [0.25, 0.3) is 10.9 Å². The molecule has 0 unspecified atom stereocenters. The Morgan fingerprint density at radius 2 is 1.82 bits per heavy atom. The molecule has 1 spiro atoms. The second-order valence-corrected chi connectivity index (χ2v) is 11.2. The Morgan fingerprint density at radius 3 is 2.73 bits per heavy atom. The molecule has 1 aromatic heterocycles. The lowest BCUT2D eigenvalue weighted by atomic mass is 9.76. The van der Waals surface area contributed by atoms with Gasteiger partial charge in [0, 0.05) is 39.4 Å². The number of H-pyrrole nitrogens is 1. The molecule has 4 aliphatic rings. The molecule has 0 bridgehead atoms. The number of likely N-dealkylation sites (tertiary alicyclic amines) is 1. The second-order valence-electron chi connectivity index (χ2n) is 10.7. The van der Waals surface area contributed by atoms with E-state index in [1.165, 1.54) is 4.90 Å². The highest BCUT2D eigenvalue weighted by Crippen LogP contribution is 2.54. The number of hydrogen-bond donors (Lipinski definition) is 3. The summed E-state index contributed by atoms with van der Waals surface area (Å²) in [5.74, 6) is -1.51. The van der Waals surface area contributed by atoms with Crippen LogP contribution in [0.5, 0.6) is 11.5 Å². The average molecular weight is 555 g/mol. The van der Waals surface area contributed by atoms with Crippen molar-refractivity contribution in [1.82, 2.24) is 15.2 Å². The molecule has 9 nitrogen and oxygen atoms in total. The first-order valence-corrected chi connectivity index (χ1v) is 13.5. The van der Waals surface area contributed by atoms with Crippen LogP contribution in [-0.4, -0.2) is 40.4 Å². The zero-order valence-corrected chi connectivity index (χ0v) is 21.8. The molecule has 10 heteroatoms. The van der Waals surface area contributed by atoms with Crippen molar-refractivity contribution in [2.24, 2.45) is 11.8 Å². The van der Waals surface area contributed by atoms with Gasteiger partial charge in [0.2, 0.25) is 24.5 Å². The third-order valence-electron chi connectivity index (χ3n) is 8.66. The van der Waals surface area contributed by atoms with E-state index in [-0.39, 0.29) is 31.1 Å². The van der Waals surface area contributed by atoms with Crippen LogP contribution in [0.1, 0.15) is 16.7 Å². The summed E-state index contributed by atoms with van der Waals surface area (Å²) in [7, 11) is 0. The van der Waals surface area contributed by atoms with Gasteiger partial charge in [0.05, 0.1) is 18.4 Å². The molecule has 4 aliphatic heterocycles. The Labute approximate surface area is 233 Å². The number of ether oxygens (including phenoxy) is 2. The van der Waals surface area contributed by atoms with Crippen LogP contribution in [0.4, 0.5) is 5.69 Å². The van der Waals surface area contributed by atoms with E-state index in [4.69, 9.17) is 21.1 Å². The smallest absolute Gasteiger partial charge is 0.250 e. The lowest BCUT2D eigenvalue weighted by Crippen LogP contribution is -2.53. The van der Waals surface area contributed by atoms with E-state index in [1.54, 1.807) is 30.3 Å². The Balaban J connectivity index is 1.22. The van der Waals surface area contributed by atoms with Gasteiger partial charge in [-0.05, 0) is 53.9 Å². The lowest BCUT2D eigenvalue weighted by Gasteiger charge is -2.29. The molecular formula is C30H23ClN4O5. The molecule has 3 amide bonds. The van der Waals surface area contributed by atoms with Crippen molar-refractivity contribution in [2.45, 2.75) is 24.5 Å². The highest BCUT2D eigenvalue weighted by molar-refractivity contribution is 6.31. The Bertz CT molecular complexity index is 1770. The first-order chi connectivity index (χ1) is 19.4. The first-order valence-electron chi connectivity index (χ1n) is 13.1. The fourth-order valence-electron chi connectivity index (χ4n) is 6.92. The molecule has 200 valence electrons. The number of amides is 3. The summed E-state index contributed by atoms with van der Waals surface area (Å²) >= 11 is 6.38. The maximum Gasteiger partial charge on any atom is 0.250 e. The first kappa shape index (κ1) is 23.5. The fraction of sp³-hybridized carbons (Fsp3) is 0.233. The van der Waals surface area contributed by atoms with Crippen molar-refractivity contribution in [3.63, 3.8) is 0 Å². The minimum atomic E-state index is -1.42. The summed E-state index contributed by atoms with van der Waals surface area (Å²) < 4.78 is 10.9. The number of rotatable bonds is 4. The van der Waals surface area contributed by atoms with Crippen LogP contribution in [-0.2, 0) is 32.9 Å². The normalized spacial score (nSPS) is 26.2. The van der Waals surface area contributed by atoms with Crippen LogP contribution >= 0.6 is 11.6 Å². The molecule has 2 fully saturated rings. The van der Waals surface area contributed by atoms with Gasteiger partial charge in [-0.2, -0.15) is 0 Å². The molecular weight excluding hydrogens is 532 g/mol. The van der Waals surface area contributed by atoms with Crippen LogP contribution < -0.4 is 20.1 Å². The molecule has 4 aromatic rings. The minimum Gasteiger partial charge on any atom is -0.454 e. The number of hydrogen-bond acceptors (Lipinski definition) is 6. The van der Waals surface area contributed by atoms with E-state index in [1.807, 2.05) is 36.5 Å². The number of para-hydroxylation sites is 1. The van der Waals surface area contributed by atoms with Gasteiger partial charge in [0.25, 0.3) is 0 Å².